The zero-order valence-corrected chi connectivity index (χ0v) is 13.2. The number of aryl methyl sites for hydroxylation is 2. The smallest absolute Gasteiger partial charge is 0.303 e. The summed E-state index contributed by atoms with van der Waals surface area (Å²) >= 11 is 0. The van der Waals surface area contributed by atoms with Crippen molar-refractivity contribution in [2.45, 2.75) is 19.8 Å². The standard InChI is InChI=1S/C19H19NO3/c1-12-3-9-17-16(11-12)15(8-10-18(21)22)19(20-17)13-4-6-14(23-2)7-5-13/h3-7,9,11,20H,8,10H2,1-2H3,(H,21,22). The van der Waals surface area contributed by atoms with Crippen LogP contribution in [0.2, 0.25) is 0 Å². The minimum absolute atomic E-state index is 0.115. The molecule has 3 rings (SSSR count). The van der Waals surface area contributed by atoms with E-state index in [4.69, 9.17) is 9.84 Å². The van der Waals surface area contributed by atoms with E-state index in [1.54, 1.807) is 7.11 Å². The summed E-state index contributed by atoms with van der Waals surface area (Å²) in [6, 6.07) is 14.0. The molecule has 118 valence electrons. The Balaban J connectivity index is 2.13. The first-order chi connectivity index (χ1) is 11.1. The normalized spacial score (nSPS) is 10.9. The van der Waals surface area contributed by atoms with Crippen molar-refractivity contribution in [1.82, 2.24) is 4.98 Å². The molecule has 4 nitrogen and oxygen atoms in total. The Bertz CT molecular complexity index is 847. The summed E-state index contributed by atoms with van der Waals surface area (Å²) in [4.78, 5) is 14.4. The third kappa shape index (κ3) is 3.06. The van der Waals surface area contributed by atoms with Crippen LogP contribution < -0.4 is 4.74 Å². The lowest BCUT2D eigenvalue weighted by Crippen LogP contribution is -1.98. The molecule has 2 aromatic carbocycles. The summed E-state index contributed by atoms with van der Waals surface area (Å²) in [5, 5.41) is 10.1. The van der Waals surface area contributed by atoms with E-state index in [1.807, 2.05) is 37.3 Å². The topological polar surface area (TPSA) is 62.3 Å². The number of carboxylic acids is 1. The van der Waals surface area contributed by atoms with Gasteiger partial charge in [-0.1, -0.05) is 11.6 Å². The fourth-order valence-corrected chi connectivity index (χ4v) is 2.86. The second-order valence-corrected chi connectivity index (χ2v) is 5.65. The second-order valence-electron chi connectivity index (χ2n) is 5.65. The van der Waals surface area contributed by atoms with Crippen molar-refractivity contribution in [3.05, 3.63) is 53.6 Å². The van der Waals surface area contributed by atoms with Gasteiger partial charge in [0.25, 0.3) is 0 Å². The zero-order chi connectivity index (χ0) is 16.4. The highest BCUT2D eigenvalue weighted by atomic mass is 16.5. The van der Waals surface area contributed by atoms with E-state index in [-0.39, 0.29) is 6.42 Å². The van der Waals surface area contributed by atoms with Crippen LogP contribution in [0.3, 0.4) is 0 Å². The van der Waals surface area contributed by atoms with Crippen molar-refractivity contribution in [2.24, 2.45) is 0 Å². The first kappa shape index (κ1) is 15.2. The molecule has 1 heterocycles. The molecule has 0 spiro atoms. The number of H-pyrrole nitrogens is 1. The van der Waals surface area contributed by atoms with Gasteiger partial charge in [-0.25, -0.2) is 0 Å². The van der Waals surface area contributed by atoms with Gasteiger partial charge in [-0.3, -0.25) is 4.79 Å². The van der Waals surface area contributed by atoms with Crippen molar-refractivity contribution in [2.75, 3.05) is 7.11 Å². The maximum absolute atomic E-state index is 11.0. The van der Waals surface area contributed by atoms with Crippen LogP contribution in [0, 0.1) is 6.92 Å². The predicted molar refractivity (Wildman–Crippen MR) is 91.0 cm³/mol. The van der Waals surface area contributed by atoms with E-state index in [9.17, 15) is 4.79 Å². The first-order valence-corrected chi connectivity index (χ1v) is 7.56. The lowest BCUT2D eigenvalue weighted by Gasteiger charge is -2.06. The number of hydrogen-bond donors (Lipinski definition) is 2. The molecule has 0 aliphatic rings. The summed E-state index contributed by atoms with van der Waals surface area (Å²) in [6.07, 6.45) is 0.615. The SMILES string of the molecule is COc1ccc(-c2[nH]c3ccc(C)cc3c2CCC(=O)O)cc1. The molecule has 0 aliphatic carbocycles. The van der Waals surface area contributed by atoms with Gasteiger partial charge in [0, 0.05) is 23.0 Å². The van der Waals surface area contributed by atoms with Crippen LogP contribution in [0.15, 0.2) is 42.5 Å². The average Bonchev–Trinajstić information content (AvgIpc) is 2.90. The Kier molecular flexibility index (Phi) is 4.06. The number of aromatic nitrogens is 1. The van der Waals surface area contributed by atoms with Gasteiger partial charge in [-0.2, -0.15) is 0 Å². The molecule has 23 heavy (non-hydrogen) atoms. The fourth-order valence-electron chi connectivity index (χ4n) is 2.86. The molecule has 0 atom stereocenters. The number of benzene rings is 2. The van der Waals surface area contributed by atoms with Gasteiger partial charge in [0.05, 0.1) is 7.11 Å². The number of fused-ring (bicyclic) bond motifs is 1. The van der Waals surface area contributed by atoms with E-state index in [0.29, 0.717) is 6.42 Å². The highest BCUT2D eigenvalue weighted by Gasteiger charge is 2.14. The largest absolute Gasteiger partial charge is 0.497 e. The van der Waals surface area contributed by atoms with Gasteiger partial charge in [-0.15, -0.1) is 0 Å². The van der Waals surface area contributed by atoms with Gasteiger partial charge in [0.15, 0.2) is 0 Å². The van der Waals surface area contributed by atoms with Gasteiger partial charge in [0.2, 0.25) is 0 Å². The molecule has 3 aromatic rings. The molecule has 0 saturated carbocycles. The monoisotopic (exact) mass is 309 g/mol. The molecule has 1 aromatic heterocycles. The number of methoxy groups -OCH3 is 1. The van der Waals surface area contributed by atoms with Gasteiger partial charge in [-0.05, 0) is 60.9 Å². The number of carboxylic acid groups (broad SMARTS) is 1. The summed E-state index contributed by atoms with van der Waals surface area (Å²) in [6.45, 7) is 2.04. The van der Waals surface area contributed by atoms with Crippen molar-refractivity contribution in [1.29, 1.82) is 0 Å². The van der Waals surface area contributed by atoms with Crippen LogP contribution in [-0.2, 0) is 11.2 Å². The van der Waals surface area contributed by atoms with Crippen LogP contribution in [0.5, 0.6) is 5.75 Å². The van der Waals surface area contributed by atoms with E-state index < -0.39 is 5.97 Å². The van der Waals surface area contributed by atoms with E-state index >= 15 is 0 Å². The van der Waals surface area contributed by atoms with Crippen molar-refractivity contribution in [3.63, 3.8) is 0 Å². The second kappa shape index (κ2) is 6.16. The van der Waals surface area contributed by atoms with Crippen LogP contribution in [0.1, 0.15) is 17.5 Å². The summed E-state index contributed by atoms with van der Waals surface area (Å²) in [7, 11) is 1.64. The molecule has 0 fully saturated rings. The molecule has 4 heteroatoms. The van der Waals surface area contributed by atoms with Crippen LogP contribution in [-0.4, -0.2) is 23.2 Å². The number of ether oxygens (including phenoxy) is 1. The summed E-state index contributed by atoms with van der Waals surface area (Å²) in [5.74, 6) is 0.0143. The molecule has 2 N–H and O–H groups in total. The molecule has 0 amide bonds. The van der Waals surface area contributed by atoms with E-state index in [0.717, 1.165) is 39.0 Å². The lowest BCUT2D eigenvalue weighted by molar-refractivity contribution is -0.136. The Labute approximate surface area is 134 Å². The molecule has 0 unspecified atom stereocenters. The Hall–Kier alpha value is -2.75. The fraction of sp³-hybridized carbons (Fsp3) is 0.211. The summed E-state index contributed by atoms with van der Waals surface area (Å²) in [5.41, 5.74) is 5.25. The molecule has 0 bridgehead atoms. The quantitative estimate of drug-likeness (QED) is 0.743. The number of nitrogens with one attached hydrogen (secondary N) is 1. The van der Waals surface area contributed by atoms with E-state index in [1.165, 1.54) is 0 Å². The molecule has 0 saturated heterocycles. The Morgan fingerprint density at radius 2 is 1.91 bits per heavy atom. The van der Waals surface area contributed by atoms with Crippen LogP contribution >= 0.6 is 0 Å². The van der Waals surface area contributed by atoms with Crippen LogP contribution in [0.25, 0.3) is 22.2 Å². The summed E-state index contributed by atoms with van der Waals surface area (Å²) < 4.78 is 5.20. The molecular formula is C19H19NO3. The number of aliphatic carboxylic acids is 1. The molecule has 0 radical (unpaired) electrons. The van der Waals surface area contributed by atoms with Gasteiger partial charge in [0.1, 0.15) is 5.75 Å². The first-order valence-electron chi connectivity index (χ1n) is 7.56. The number of rotatable bonds is 5. The predicted octanol–water partition coefficient (Wildman–Crippen LogP) is 4.17. The number of carbonyl (C=O) groups is 1. The zero-order valence-electron chi connectivity index (χ0n) is 13.2. The van der Waals surface area contributed by atoms with Gasteiger partial charge >= 0.3 is 5.97 Å². The van der Waals surface area contributed by atoms with Crippen molar-refractivity contribution < 1.29 is 14.6 Å². The Morgan fingerprint density at radius 1 is 1.17 bits per heavy atom. The van der Waals surface area contributed by atoms with Crippen molar-refractivity contribution in [3.8, 4) is 17.0 Å². The number of hydrogen-bond acceptors (Lipinski definition) is 2. The van der Waals surface area contributed by atoms with E-state index in [2.05, 4.69) is 17.1 Å². The highest BCUT2D eigenvalue weighted by Crippen LogP contribution is 2.32. The van der Waals surface area contributed by atoms with Crippen molar-refractivity contribution >= 4 is 16.9 Å². The third-order valence-electron chi connectivity index (χ3n) is 4.03. The lowest BCUT2D eigenvalue weighted by atomic mass is 10.0. The maximum Gasteiger partial charge on any atom is 0.303 e. The van der Waals surface area contributed by atoms with Gasteiger partial charge < -0.3 is 14.8 Å². The highest BCUT2D eigenvalue weighted by molar-refractivity contribution is 5.91. The minimum Gasteiger partial charge on any atom is -0.497 e. The average molecular weight is 309 g/mol. The minimum atomic E-state index is -0.785. The number of aromatic amines is 1. The third-order valence-corrected chi connectivity index (χ3v) is 4.03. The molecular weight excluding hydrogens is 290 g/mol. The van der Waals surface area contributed by atoms with Crippen LogP contribution in [0.4, 0.5) is 0 Å². The maximum atomic E-state index is 11.0. The Morgan fingerprint density at radius 3 is 2.57 bits per heavy atom. The molecule has 0 aliphatic heterocycles.